The maximum atomic E-state index is 2.31. The minimum absolute atomic E-state index is 0.207. The lowest BCUT2D eigenvalue weighted by Gasteiger charge is -2.20. The summed E-state index contributed by atoms with van der Waals surface area (Å²) in [6.45, 7) is 4.33. The highest BCUT2D eigenvalue weighted by atomic mass is 14.2. The molecule has 0 N–H and O–H groups in total. The molecule has 0 aliphatic rings. The molecule has 0 spiro atoms. The van der Waals surface area contributed by atoms with Crippen LogP contribution in [0.25, 0.3) is 11.1 Å². The molecule has 2 unspecified atom stereocenters. The number of benzene rings is 6. The molecule has 0 amide bonds. The fourth-order valence-corrected chi connectivity index (χ4v) is 5.88. The van der Waals surface area contributed by atoms with E-state index in [0.717, 1.165) is 0 Å². The van der Waals surface area contributed by atoms with Crippen molar-refractivity contribution in [2.24, 2.45) is 0 Å². The summed E-state index contributed by atoms with van der Waals surface area (Å²) >= 11 is 0. The molecular formula is C40H34. The van der Waals surface area contributed by atoms with Gasteiger partial charge in [0.2, 0.25) is 0 Å². The molecule has 194 valence electrons. The molecule has 0 aliphatic heterocycles. The predicted molar refractivity (Wildman–Crippen MR) is 169 cm³/mol. The van der Waals surface area contributed by atoms with Crippen LogP contribution in [0.3, 0.4) is 0 Å². The maximum absolute atomic E-state index is 2.31. The van der Waals surface area contributed by atoms with E-state index in [4.69, 9.17) is 0 Å². The highest BCUT2D eigenvalue weighted by molar-refractivity contribution is 5.65. The first-order valence-electron chi connectivity index (χ1n) is 14.1. The first-order chi connectivity index (χ1) is 19.7. The van der Waals surface area contributed by atoms with Crippen molar-refractivity contribution in [3.05, 3.63) is 202 Å². The van der Waals surface area contributed by atoms with Gasteiger partial charge in [-0.25, -0.2) is 0 Å². The van der Waals surface area contributed by atoms with E-state index in [0.29, 0.717) is 0 Å². The number of hydrogen-bond acceptors (Lipinski definition) is 0. The highest BCUT2D eigenvalue weighted by Crippen LogP contribution is 2.36. The average Bonchev–Trinajstić information content (AvgIpc) is 3.00. The van der Waals surface area contributed by atoms with E-state index in [-0.39, 0.29) is 11.8 Å². The Morgan fingerprint density at radius 1 is 0.300 bits per heavy atom. The Bertz CT molecular complexity index is 1550. The zero-order valence-electron chi connectivity index (χ0n) is 23.2. The minimum atomic E-state index is 0.207. The third kappa shape index (κ3) is 5.53. The molecule has 0 aromatic heterocycles. The number of aryl methyl sites for hydroxylation is 2. The van der Waals surface area contributed by atoms with E-state index in [1.54, 1.807) is 0 Å². The van der Waals surface area contributed by atoms with Crippen molar-refractivity contribution in [2.75, 3.05) is 0 Å². The molecule has 0 fully saturated rings. The Balaban J connectivity index is 1.32. The van der Waals surface area contributed by atoms with Crippen LogP contribution >= 0.6 is 0 Å². The summed E-state index contributed by atoms with van der Waals surface area (Å²) in [5.74, 6) is 0.414. The maximum Gasteiger partial charge on any atom is 0.0340 e. The van der Waals surface area contributed by atoms with Gasteiger partial charge in [0.1, 0.15) is 0 Å². The minimum Gasteiger partial charge on any atom is -0.0622 e. The van der Waals surface area contributed by atoms with E-state index in [1.165, 1.54) is 55.6 Å². The molecule has 0 saturated heterocycles. The Labute approximate surface area is 238 Å². The van der Waals surface area contributed by atoms with Crippen LogP contribution < -0.4 is 0 Å². The lowest BCUT2D eigenvalue weighted by molar-refractivity contribution is 0.973. The first kappa shape index (κ1) is 25.6. The van der Waals surface area contributed by atoms with Crippen LogP contribution in [0.5, 0.6) is 0 Å². The van der Waals surface area contributed by atoms with E-state index in [2.05, 4.69) is 172 Å². The molecule has 0 nitrogen and oxygen atoms in total. The lowest BCUT2D eigenvalue weighted by atomic mass is 9.83. The van der Waals surface area contributed by atoms with Crippen LogP contribution in [-0.4, -0.2) is 0 Å². The summed E-state index contributed by atoms with van der Waals surface area (Å²) in [4.78, 5) is 0. The summed E-state index contributed by atoms with van der Waals surface area (Å²) < 4.78 is 0. The van der Waals surface area contributed by atoms with Crippen molar-refractivity contribution >= 4 is 0 Å². The first-order valence-corrected chi connectivity index (χ1v) is 14.1. The molecule has 6 aromatic carbocycles. The third-order valence-electron chi connectivity index (χ3n) is 7.84. The lowest BCUT2D eigenvalue weighted by Crippen LogP contribution is -2.04. The molecule has 0 bridgehead atoms. The topological polar surface area (TPSA) is 0 Å². The second-order valence-electron chi connectivity index (χ2n) is 10.8. The van der Waals surface area contributed by atoms with Crippen LogP contribution in [0, 0.1) is 13.8 Å². The number of rotatable bonds is 7. The summed E-state index contributed by atoms with van der Waals surface area (Å²) in [5.41, 5.74) is 12.9. The second kappa shape index (κ2) is 11.6. The number of hydrogen-bond donors (Lipinski definition) is 0. The van der Waals surface area contributed by atoms with Crippen molar-refractivity contribution in [1.29, 1.82) is 0 Å². The molecule has 0 aliphatic carbocycles. The molecule has 2 atom stereocenters. The van der Waals surface area contributed by atoms with Crippen LogP contribution in [0.1, 0.15) is 56.3 Å². The van der Waals surface area contributed by atoms with Gasteiger partial charge in [-0.2, -0.15) is 0 Å². The quantitative estimate of drug-likeness (QED) is 0.186. The highest BCUT2D eigenvalue weighted by Gasteiger charge is 2.18. The van der Waals surface area contributed by atoms with Crippen LogP contribution in [0.15, 0.2) is 158 Å². The third-order valence-corrected chi connectivity index (χ3v) is 7.84. The smallest absolute Gasteiger partial charge is 0.0340 e. The fourth-order valence-electron chi connectivity index (χ4n) is 5.88. The van der Waals surface area contributed by atoms with Crippen molar-refractivity contribution in [2.45, 2.75) is 25.7 Å². The SMILES string of the molecule is Cc1cccc(C(c2ccccc2)c2ccc(-c3ccc(C(c4ccccc4)c4cccc(C)c4)cc3)cc2)c1. The van der Waals surface area contributed by atoms with Gasteiger partial charge >= 0.3 is 0 Å². The van der Waals surface area contributed by atoms with Gasteiger partial charge < -0.3 is 0 Å². The zero-order valence-corrected chi connectivity index (χ0v) is 23.2. The van der Waals surface area contributed by atoms with E-state index >= 15 is 0 Å². The molecule has 0 radical (unpaired) electrons. The van der Waals surface area contributed by atoms with Crippen molar-refractivity contribution in [3.63, 3.8) is 0 Å². The molecule has 0 heteroatoms. The van der Waals surface area contributed by atoms with Crippen molar-refractivity contribution < 1.29 is 0 Å². The van der Waals surface area contributed by atoms with Crippen LogP contribution in [-0.2, 0) is 0 Å². The molecule has 6 aromatic rings. The van der Waals surface area contributed by atoms with Gasteiger partial charge in [-0.15, -0.1) is 0 Å². The second-order valence-corrected chi connectivity index (χ2v) is 10.8. The van der Waals surface area contributed by atoms with Gasteiger partial charge in [0, 0.05) is 11.8 Å². The van der Waals surface area contributed by atoms with Gasteiger partial charge in [-0.3, -0.25) is 0 Å². The average molecular weight is 515 g/mol. The Morgan fingerprint density at radius 2 is 0.625 bits per heavy atom. The van der Waals surface area contributed by atoms with E-state index in [9.17, 15) is 0 Å². The molecule has 6 rings (SSSR count). The fraction of sp³-hybridized carbons (Fsp3) is 0.100. The molecular weight excluding hydrogens is 480 g/mol. The van der Waals surface area contributed by atoms with Gasteiger partial charge in [0.05, 0.1) is 0 Å². The summed E-state index contributed by atoms with van der Waals surface area (Å²) in [7, 11) is 0. The van der Waals surface area contributed by atoms with Crippen molar-refractivity contribution in [1.82, 2.24) is 0 Å². The zero-order chi connectivity index (χ0) is 27.3. The Morgan fingerprint density at radius 3 is 0.975 bits per heavy atom. The normalized spacial score (nSPS) is 12.6. The monoisotopic (exact) mass is 514 g/mol. The summed E-state index contributed by atoms with van der Waals surface area (Å²) in [6.07, 6.45) is 0. The van der Waals surface area contributed by atoms with Gasteiger partial charge in [0.15, 0.2) is 0 Å². The Kier molecular flexibility index (Phi) is 7.42. The summed E-state index contributed by atoms with van der Waals surface area (Å²) in [6, 6.07) is 57.7. The van der Waals surface area contributed by atoms with E-state index < -0.39 is 0 Å². The van der Waals surface area contributed by atoms with Gasteiger partial charge in [-0.1, -0.05) is 169 Å². The predicted octanol–water partition coefficient (Wildman–Crippen LogP) is 10.3. The molecule has 0 heterocycles. The molecule has 0 saturated carbocycles. The van der Waals surface area contributed by atoms with Gasteiger partial charge in [-0.05, 0) is 58.4 Å². The van der Waals surface area contributed by atoms with E-state index in [1.807, 2.05) is 0 Å². The molecule has 40 heavy (non-hydrogen) atoms. The van der Waals surface area contributed by atoms with Gasteiger partial charge in [0.25, 0.3) is 0 Å². The van der Waals surface area contributed by atoms with Crippen molar-refractivity contribution in [3.8, 4) is 11.1 Å². The van der Waals surface area contributed by atoms with Crippen LogP contribution in [0.4, 0.5) is 0 Å². The Hall–Kier alpha value is -4.68. The standard InChI is InChI=1S/C40H34/c1-29-11-9-17-37(27-29)39(33-13-5-3-6-14-33)35-23-19-31(20-24-35)32-21-25-36(26-22-32)40(34-15-7-4-8-16-34)38-18-10-12-30(2)28-38/h3-28,39-40H,1-2H3. The largest absolute Gasteiger partial charge is 0.0622 e. The van der Waals surface area contributed by atoms with Crippen LogP contribution in [0.2, 0.25) is 0 Å². The summed E-state index contributed by atoms with van der Waals surface area (Å²) in [5, 5.41) is 0.